The number of halogens is 1. The van der Waals surface area contributed by atoms with Crippen molar-refractivity contribution in [1.29, 1.82) is 0 Å². The lowest BCUT2D eigenvalue weighted by Crippen LogP contribution is -2.54. The molecule has 1 saturated heterocycles. The average molecular weight is 477 g/mol. The number of likely N-dealkylation sites (N-methyl/N-ethyl adjacent to an activating group) is 1. The van der Waals surface area contributed by atoms with Crippen LogP contribution in [0.15, 0.2) is 66.7 Å². The quantitative estimate of drug-likeness (QED) is 0.427. The number of nitrogens with zero attached hydrogens (tertiary/aromatic N) is 2. The first kappa shape index (κ1) is 22.8. The van der Waals surface area contributed by atoms with Gasteiger partial charge in [-0.25, -0.2) is 4.39 Å². The predicted molar refractivity (Wildman–Crippen MR) is 127 cm³/mol. The Hall–Kier alpha value is -3.98. The summed E-state index contributed by atoms with van der Waals surface area (Å²) in [6.07, 6.45) is 0. The van der Waals surface area contributed by atoms with E-state index in [-0.39, 0.29) is 17.3 Å². The minimum absolute atomic E-state index is 0.208. The first-order valence-electron chi connectivity index (χ1n) is 11.2. The van der Waals surface area contributed by atoms with Crippen LogP contribution in [0.4, 0.5) is 10.1 Å². The molecule has 3 atom stereocenters. The maximum atomic E-state index is 13.3. The van der Waals surface area contributed by atoms with Crippen molar-refractivity contribution in [1.82, 2.24) is 4.90 Å². The molecule has 1 spiro atoms. The fraction of sp³-hybridized carbons (Fsp3) is 0.269. The number of rotatable bonds is 6. The molecule has 0 bridgehead atoms. The van der Waals surface area contributed by atoms with Crippen molar-refractivity contribution in [3.63, 3.8) is 0 Å². The number of nitro groups is 1. The van der Waals surface area contributed by atoms with E-state index < -0.39 is 23.4 Å². The molecule has 0 aliphatic carbocycles. The number of likely N-dealkylation sites (tertiary alicyclic amines) is 1. The van der Waals surface area contributed by atoms with E-state index in [1.807, 2.05) is 0 Å². The zero-order valence-corrected chi connectivity index (χ0v) is 19.2. The molecule has 5 rings (SSSR count). The number of fused-ring (bicyclic) bond motifs is 2. The van der Waals surface area contributed by atoms with Crippen LogP contribution >= 0.6 is 0 Å². The summed E-state index contributed by atoms with van der Waals surface area (Å²) in [6, 6.07) is 17.1. The smallest absolute Gasteiger partial charge is 0.256 e. The van der Waals surface area contributed by atoms with E-state index in [2.05, 4.69) is 5.32 Å². The van der Waals surface area contributed by atoms with Gasteiger partial charge in [-0.2, -0.15) is 0 Å². The zero-order chi connectivity index (χ0) is 24.7. The van der Waals surface area contributed by atoms with Crippen LogP contribution in [0.25, 0.3) is 0 Å². The summed E-state index contributed by atoms with van der Waals surface area (Å²) in [5, 5.41) is 15.3. The minimum Gasteiger partial charge on any atom is -0.493 e. The van der Waals surface area contributed by atoms with Gasteiger partial charge in [-0.15, -0.1) is 0 Å². The van der Waals surface area contributed by atoms with E-state index in [1.54, 1.807) is 66.5 Å². The Morgan fingerprint density at radius 2 is 1.89 bits per heavy atom. The van der Waals surface area contributed by atoms with Crippen LogP contribution in [0, 0.1) is 15.9 Å². The summed E-state index contributed by atoms with van der Waals surface area (Å²) in [7, 11) is 3.24. The number of benzene rings is 3. The number of anilines is 1. The highest BCUT2D eigenvalue weighted by Gasteiger charge is 2.68. The Labute approximate surface area is 201 Å². The molecule has 9 heteroatoms. The Morgan fingerprint density at radius 3 is 2.60 bits per heavy atom. The molecular formula is C26H24FN3O5. The van der Waals surface area contributed by atoms with E-state index in [0.29, 0.717) is 34.9 Å². The highest BCUT2D eigenvalue weighted by molar-refractivity contribution is 6.06. The predicted octanol–water partition coefficient (Wildman–Crippen LogP) is 3.94. The molecule has 180 valence electrons. The summed E-state index contributed by atoms with van der Waals surface area (Å²) >= 11 is 0. The highest BCUT2D eigenvalue weighted by Crippen LogP contribution is 2.52. The van der Waals surface area contributed by atoms with Crippen LogP contribution in [0.1, 0.15) is 22.6 Å². The minimum atomic E-state index is -1.41. The average Bonchev–Trinajstić information content (AvgIpc) is 3.33. The van der Waals surface area contributed by atoms with Crippen LogP contribution in [0.3, 0.4) is 0 Å². The van der Waals surface area contributed by atoms with Gasteiger partial charge >= 0.3 is 0 Å². The standard InChI is InChI=1S/C26H24FN3O5/c1-29-14-19(24(30(32)33)26(29)20-5-3-4-6-21(20)28-25(26)31)17-9-12-22(23(13-17)34-2)35-15-16-7-10-18(27)11-8-16/h3-13,19,24H,14-15H2,1-2H3,(H,28,31)/t19-,24+,26-/m0/s1. The molecule has 0 saturated carbocycles. The van der Waals surface area contributed by atoms with Gasteiger partial charge in [-0.3, -0.25) is 19.8 Å². The van der Waals surface area contributed by atoms with E-state index in [1.165, 1.54) is 19.2 Å². The number of hydrogen-bond acceptors (Lipinski definition) is 6. The van der Waals surface area contributed by atoms with Crippen LogP contribution in [-0.2, 0) is 16.9 Å². The van der Waals surface area contributed by atoms with Crippen LogP contribution in [0.5, 0.6) is 11.5 Å². The molecular weight excluding hydrogens is 453 g/mol. The third-order valence-electron chi connectivity index (χ3n) is 6.96. The Balaban J connectivity index is 1.48. The maximum Gasteiger partial charge on any atom is 0.256 e. The van der Waals surface area contributed by atoms with Crippen molar-refractivity contribution in [2.45, 2.75) is 24.1 Å². The number of carbonyl (C=O) groups is 1. The molecule has 3 aromatic carbocycles. The number of nitrogens with one attached hydrogen (secondary N) is 1. The monoisotopic (exact) mass is 477 g/mol. The van der Waals surface area contributed by atoms with Gasteiger partial charge in [0.15, 0.2) is 17.0 Å². The molecule has 1 fully saturated rings. The van der Waals surface area contributed by atoms with Gasteiger partial charge in [0.05, 0.1) is 13.0 Å². The second kappa shape index (κ2) is 8.66. The van der Waals surface area contributed by atoms with Gasteiger partial charge in [-0.1, -0.05) is 36.4 Å². The Kier molecular flexibility index (Phi) is 5.64. The van der Waals surface area contributed by atoms with Crippen LogP contribution in [-0.4, -0.2) is 42.5 Å². The van der Waals surface area contributed by atoms with Gasteiger partial charge in [-0.05, 0) is 48.5 Å². The molecule has 0 radical (unpaired) electrons. The molecule has 2 heterocycles. The van der Waals surface area contributed by atoms with Crippen molar-refractivity contribution < 1.29 is 23.6 Å². The van der Waals surface area contributed by atoms with Crippen molar-refractivity contribution >= 4 is 11.6 Å². The fourth-order valence-corrected chi connectivity index (χ4v) is 5.36. The number of amides is 1. The van der Waals surface area contributed by atoms with Gasteiger partial charge in [0.25, 0.3) is 11.9 Å². The lowest BCUT2D eigenvalue weighted by atomic mass is 9.79. The normalized spacial score (nSPS) is 23.2. The number of para-hydroxylation sites is 1. The van der Waals surface area contributed by atoms with Gasteiger partial charge in [0, 0.05) is 22.7 Å². The van der Waals surface area contributed by atoms with Gasteiger partial charge < -0.3 is 14.8 Å². The SMILES string of the molecule is COc1cc([C@@H]2CN(C)[C@]3(C(=O)Nc4ccccc43)[C@@H]2[N+](=O)[O-])ccc1OCc1ccc(F)cc1. The molecule has 1 amide bonds. The first-order valence-corrected chi connectivity index (χ1v) is 11.2. The van der Waals surface area contributed by atoms with E-state index >= 15 is 0 Å². The second-order valence-electron chi connectivity index (χ2n) is 8.81. The number of methoxy groups -OCH3 is 1. The molecule has 3 aromatic rings. The maximum absolute atomic E-state index is 13.3. The molecule has 0 aromatic heterocycles. The van der Waals surface area contributed by atoms with E-state index in [9.17, 15) is 19.3 Å². The summed E-state index contributed by atoms with van der Waals surface area (Å²) in [4.78, 5) is 27.1. The summed E-state index contributed by atoms with van der Waals surface area (Å²) < 4.78 is 24.5. The molecule has 35 heavy (non-hydrogen) atoms. The van der Waals surface area contributed by atoms with Crippen LogP contribution in [0.2, 0.25) is 0 Å². The van der Waals surface area contributed by atoms with Crippen molar-refractivity contribution in [3.8, 4) is 11.5 Å². The fourth-order valence-electron chi connectivity index (χ4n) is 5.36. The number of carbonyl (C=O) groups excluding carboxylic acids is 1. The Morgan fingerprint density at radius 1 is 1.14 bits per heavy atom. The summed E-state index contributed by atoms with van der Waals surface area (Å²) in [6.45, 7) is 0.520. The second-order valence-corrected chi connectivity index (χ2v) is 8.81. The molecule has 2 aliphatic heterocycles. The number of ether oxygens (including phenoxy) is 2. The van der Waals surface area contributed by atoms with Gasteiger partial charge in [0.1, 0.15) is 12.4 Å². The largest absolute Gasteiger partial charge is 0.493 e. The molecule has 1 N–H and O–H groups in total. The highest BCUT2D eigenvalue weighted by atomic mass is 19.1. The summed E-state index contributed by atoms with van der Waals surface area (Å²) in [5.74, 6) is -0.396. The summed E-state index contributed by atoms with van der Waals surface area (Å²) in [5.41, 5.74) is 1.27. The zero-order valence-electron chi connectivity index (χ0n) is 19.2. The third-order valence-corrected chi connectivity index (χ3v) is 6.96. The molecule has 2 aliphatic rings. The Bertz CT molecular complexity index is 1300. The van der Waals surface area contributed by atoms with Gasteiger partial charge in [0.2, 0.25) is 0 Å². The molecule has 8 nitrogen and oxygen atoms in total. The van der Waals surface area contributed by atoms with Crippen LogP contribution < -0.4 is 14.8 Å². The lowest BCUT2D eigenvalue weighted by Gasteiger charge is -2.30. The topological polar surface area (TPSA) is 93.9 Å². The van der Waals surface area contributed by atoms with E-state index in [0.717, 1.165) is 5.56 Å². The number of hydrogen-bond donors (Lipinski definition) is 1. The lowest BCUT2D eigenvalue weighted by molar-refractivity contribution is -0.534. The molecule has 0 unspecified atom stereocenters. The van der Waals surface area contributed by atoms with E-state index in [4.69, 9.17) is 9.47 Å². The van der Waals surface area contributed by atoms with Crippen molar-refractivity contribution in [3.05, 3.63) is 99.4 Å². The first-order chi connectivity index (χ1) is 16.9. The van der Waals surface area contributed by atoms with Crippen molar-refractivity contribution in [2.24, 2.45) is 0 Å². The third kappa shape index (κ3) is 3.59. The van der Waals surface area contributed by atoms with Crippen molar-refractivity contribution in [2.75, 3.05) is 26.0 Å².